The van der Waals surface area contributed by atoms with Crippen LogP contribution in [0.1, 0.15) is 18.4 Å². The lowest BCUT2D eigenvalue weighted by atomic mass is 10.1. The van der Waals surface area contributed by atoms with Crippen molar-refractivity contribution in [2.75, 3.05) is 26.3 Å². The number of nitrogens with zero attached hydrogens (tertiary/aromatic N) is 2. The largest absolute Gasteiger partial charge is 0.381 e. The predicted octanol–water partition coefficient (Wildman–Crippen LogP) is 3.75. The Kier molecular flexibility index (Phi) is 6.12. The summed E-state index contributed by atoms with van der Waals surface area (Å²) in [6.45, 7) is 4.05. The Hall–Kier alpha value is -0.790. The first-order chi connectivity index (χ1) is 9.69. The summed E-state index contributed by atoms with van der Waals surface area (Å²) < 4.78 is 5.42. The zero-order chi connectivity index (χ0) is 14.4. The number of nitriles is 1. The van der Waals surface area contributed by atoms with Crippen molar-refractivity contribution in [3.05, 3.63) is 33.8 Å². The maximum Gasteiger partial charge on any atom is 0.0635 e. The predicted molar refractivity (Wildman–Crippen MR) is 80.9 cm³/mol. The minimum Gasteiger partial charge on any atom is -0.381 e. The lowest BCUT2D eigenvalue weighted by molar-refractivity contribution is 0.165. The second kappa shape index (κ2) is 7.85. The molecule has 1 heterocycles. The van der Waals surface area contributed by atoms with Crippen LogP contribution in [0.15, 0.2) is 18.2 Å². The van der Waals surface area contributed by atoms with Gasteiger partial charge in [0.25, 0.3) is 0 Å². The fraction of sp³-hybridized carbons (Fsp3) is 0.533. The molecule has 1 aromatic rings. The molecule has 1 aliphatic rings. The molecule has 0 bridgehead atoms. The van der Waals surface area contributed by atoms with Gasteiger partial charge in [0.1, 0.15) is 0 Å². The highest BCUT2D eigenvalue weighted by molar-refractivity contribution is 6.33. The maximum absolute atomic E-state index is 8.79. The molecule has 108 valence electrons. The number of hydrogen-bond acceptors (Lipinski definition) is 3. The Morgan fingerprint density at radius 2 is 2.25 bits per heavy atom. The van der Waals surface area contributed by atoms with E-state index in [1.165, 1.54) is 0 Å². The molecule has 1 saturated heterocycles. The molecule has 3 nitrogen and oxygen atoms in total. The molecular formula is C15H18Cl2N2O. The molecule has 1 aromatic carbocycles. The average molecular weight is 313 g/mol. The molecule has 0 aliphatic carbocycles. The minimum absolute atomic E-state index is 0.520. The molecule has 20 heavy (non-hydrogen) atoms. The number of ether oxygens (including phenoxy) is 1. The lowest BCUT2D eigenvalue weighted by Crippen LogP contribution is -2.30. The summed E-state index contributed by atoms with van der Waals surface area (Å²) in [4.78, 5) is 2.26. The highest BCUT2D eigenvalue weighted by atomic mass is 35.5. The second-order valence-electron chi connectivity index (χ2n) is 5.11. The van der Waals surface area contributed by atoms with Gasteiger partial charge >= 0.3 is 0 Å². The zero-order valence-corrected chi connectivity index (χ0v) is 12.8. The molecule has 0 radical (unpaired) electrons. The molecule has 0 amide bonds. The van der Waals surface area contributed by atoms with E-state index in [1.54, 1.807) is 6.07 Å². The third kappa shape index (κ3) is 4.64. The molecule has 1 fully saturated rings. The van der Waals surface area contributed by atoms with Crippen molar-refractivity contribution >= 4 is 23.2 Å². The van der Waals surface area contributed by atoms with Crippen LogP contribution in [0, 0.1) is 17.2 Å². The van der Waals surface area contributed by atoms with Gasteiger partial charge in [0.2, 0.25) is 0 Å². The first kappa shape index (κ1) is 15.6. The van der Waals surface area contributed by atoms with Gasteiger partial charge in [0.15, 0.2) is 0 Å². The third-order valence-electron chi connectivity index (χ3n) is 3.48. The molecule has 0 saturated carbocycles. The van der Waals surface area contributed by atoms with Gasteiger partial charge in [-0.05, 0) is 36.1 Å². The van der Waals surface area contributed by atoms with Crippen molar-refractivity contribution in [2.24, 2.45) is 5.92 Å². The van der Waals surface area contributed by atoms with Crippen molar-refractivity contribution in [3.8, 4) is 6.07 Å². The molecule has 1 aliphatic heterocycles. The Bertz CT molecular complexity index is 481. The molecule has 1 unspecified atom stereocenters. The Labute approximate surface area is 130 Å². The van der Waals surface area contributed by atoms with Crippen LogP contribution in [-0.4, -0.2) is 31.2 Å². The van der Waals surface area contributed by atoms with Gasteiger partial charge < -0.3 is 4.74 Å². The molecule has 1 atom stereocenters. The summed E-state index contributed by atoms with van der Waals surface area (Å²) in [6.07, 6.45) is 1.61. The van der Waals surface area contributed by atoms with Crippen LogP contribution < -0.4 is 0 Å². The fourth-order valence-corrected chi connectivity index (χ4v) is 2.81. The van der Waals surface area contributed by atoms with Crippen molar-refractivity contribution in [3.63, 3.8) is 0 Å². The maximum atomic E-state index is 8.79. The average Bonchev–Trinajstić information content (AvgIpc) is 2.93. The monoisotopic (exact) mass is 312 g/mol. The van der Waals surface area contributed by atoms with Crippen LogP contribution in [0.4, 0.5) is 0 Å². The number of benzene rings is 1. The van der Waals surface area contributed by atoms with E-state index >= 15 is 0 Å². The van der Waals surface area contributed by atoms with Gasteiger partial charge in [-0.15, -0.1) is 0 Å². The molecule has 2 rings (SSSR count). The third-order valence-corrected chi connectivity index (χ3v) is 4.09. The van der Waals surface area contributed by atoms with E-state index in [2.05, 4.69) is 11.0 Å². The van der Waals surface area contributed by atoms with Crippen LogP contribution >= 0.6 is 23.2 Å². The van der Waals surface area contributed by atoms with Crippen LogP contribution in [0.25, 0.3) is 0 Å². The minimum atomic E-state index is 0.520. The van der Waals surface area contributed by atoms with Crippen molar-refractivity contribution < 1.29 is 4.74 Å². The zero-order valence-electron chi connectivity index (χ0n) is 11.3. The quantitative estimate of drug-likeness (QED) is 0.802. The van der Waals surface area contributed by atoms with E-state index in [0.29, 0.717) is 17.4 Å². The van der Waals surface area contributed by atoms with E-state index in [9.17, 15) is 0 Å². The van der Waals surface area contributed by atoms with Crippen molar-refractivity contribution in [2.45, 2.75) is 19.4 Å². The summed E-state index contributed by atoms with van der Waals surface area (Å²) in [5, 5.41) is 10.2. The van der Waals surface area contributed by atoms with E-state index in [0.717, 1.165) is 49.9 Å². The van der Waals surface area contributed by atoms with Gasteiger partial charge in [0, 0.05) is 42.7 Å². The Morgan fingerprint density at radius 1 is 1.40 bits per heavy atom. The molecular weight excluding hydrogens is 295 g/mol. The van der Waals surface area contributed by atoms with Crippen LogP contribution in [0.3, 0.4) is 0 Å². The first-order valence-electron chi connectivity index (χ1n) is 6.80. The Morgan fingerprint density at radius 3 is 2.95 bits per heavy atom. The van der Waals surface area contributed by atoms with Gasteiger partial charge in [-0.2, -0.15) is 5.26 Å². The highest BCUT2D eigenvalue weighted by Gasteiger charge is 2.19. The standard InChI is InChI=1S/C15H18Cl2N2O/c16-14-2-3-15(17)13(8-14)10-19(6-1-5-18)9-12-4-7-20-11-12/h2-3,8,12H,1,4,6-7,9-11H2. The fourth-order valence-electron chi connectivity index (χ4n) is 2.44. The molecule has 5 heteroatoms. The van der Waals surface area contributed by atoms with Gasteiger partial charge in [0.05, 0.1) is 12.7 Å². The van der Waals surface area contributed by atoms with E-state index in [4.69, 9.17) is 33.2 Å². The lowest BCUT2D eigenvalue weighted by Gasteiger charge is -2.24. The van der Waals surface area contributed by atoms with Gasteiger partial charge in [-0.25, -0.2) is 0 Å². The summed E-state index contributed by atoms with van der Waals surface area (Å²) in [7, 11) is 0. The highest BCUT2D eigenvalue weighted by Crippen LogP contribution is 2.23. The van der Waals surface area contributed by atoms with Gasteiger partial charge in [-0.1, -0.05) is 23.2 Å². The second-order valence-corrected chi connectivity index (χ2v) is 5.95. The van der Waals surface area contributed by atoms with E-state index in [-0.39, 0.29) is 0 Å². The molecule has 0 spiro atoms. The van der Waals surface area contributed by atoms with E-state index < -0.39 is 0 Å². The summed E-state index contributed by atoms with van der Waals surface area (Å²) in [6, 6.07) is 7.71. The topological polar surface area (TPSA) is 36.3 Å². The first-order valence-corrected chi connectivity index (χ1v) is 7.55. The normalized spacial score (nSPS) is 18.4. The van der Waals surface area contributed by atoms with Crippen molar-refractivity contribution in [1.29, 1.82) is 5.26 Å². The summed E-state index contributed by atoms with van der Waals surface area (Å²) >= 11 is 12.2. The summed E-state index contributed by atoms with van der Waals surface area (Å²) in [5.74, 6) is 0.548. The SMILES string of the molecule is N#CCCN(Cc1cc(Cl)ccc1Cl)CC1CCOC1. The molecule has 0 aromatic heterocycles. The smallest absolute Gasteiger partial charge is 0.0635 e. The Balaban J connectivity index is 2.01. The van der Waals surface area contributed by atoms with Crippen molar-refractivity contribution in [1.82, 2.24) is 4.90 Å². The van der Waals surface area contributed by atoms with Crippen LogP contribution in [-0.2, 0) is 11.3 Å². The van der Waals surface area contributed by atoms with Gasteiger partial charge in [-0.3, -0.25) is 4.90 Å². The number of rotatable bonds is 6. The number of hydrogen-bond donors (Lipinski definition) is 0. The summed E-state index contributed by atoms with van der Waals surface area (Å²) in [5.41, 5.74) is 1.01. The molecule has 0 N–H and O–H groups in total. The number of halogens is 2. The van der Waals surface area contributed by atoms with Crippen LogP contribution in [0.2, 0.25) is 10.0 Å². The van der Waals surface area contributed by atoms with Crippen LogP contribution in [0.5, 0.6) is 0 Å². The van der Waals surface area contributed by atoms with E-state index in [1.807, 2.05) is 12.1 Å².